The Hall–Kier alpha value is -1.94. The molecule has 0 bridgehead atoms. The summed E-state index contributed by atoms with van der Waals surface area (Å²) in [4.78, 5) is 11.6. The fraction of sp³-hybridized carbons (Fsp3) is 0.273. The SMILES string of the molecule is CN(C(=O)C(F)c1ccc(C#N)cc1)S(C)(=O)=O. The van der Waals surface area contributed by atoms with Gasteiger partial charge in [0.25, 0.3) is 5.91 Å². The van der Waals surface area contributed by atoms with Crippen LogP contribution >= 0.6 is 0 Å². The molecule has 1 aromatic carbocycles. The number of nitrogens with zero attached hydrogens (tertiary/aromatic N) is 2. The van der Waals surface area contributed by atoms with Gasteiger partial charge < -0.3 is 0 Å². The van der Waals surface area contributed by atoms with Crippen molar-refractivity contribution in [2.45, 2.75) is 6.17 Å². The lowest BCUT2D eigenvalue weighted by Crippen LogP contribution is -2.34. The number of hydrogen-bond acceptors (Lipinski definition) is 4. The molecule has 96 valence electrons. The summed E-state index contributed by atoms with van der Waals surface area (Å²) in [5.41, 5.74) is 0.337. The highest BCUT2D eigenvalue weighted by atomic mass is 32.2. The van der Waals surface area contributed by atoms with Crippen molar-refractivity contribution in [2.75, 3.05) is 13.3 Å². The molecule has 0 saturated heterocycles. The van der Waals surface area contributed by atoms with Gasteiger partial charge in [0.15, 0.2) is 0 Å². The summed E-state index contributed by atoms with van der Waals surface area (Å²) < 4.78 is 36.4. The number of carbonyl (C=O) groups is 1. The van der Waals surface area contributed by atoms with E-state index in [2.05, 4.69) is 0 Å². The molecule has 1 atom stereocenters. The molecule has 0 fully saturated rings. The van der Waals surface area contributed by atoms with Gasteiger partial charge in [-0.15, -0.1) is 0 Å². The molecule has 5 nitrogen and oxygen atoms in total. The molecule has 18 heavy (non-hydrogen) atoms. The second-order valence-corrected chi connectivity index (χ2v) is 5.68. The van der Waals surface area contributed by atoms with E-state index in [1.807, 2.05) is 6.07 Å². The summed E-state index contributed by atoms with van der Waals surface area (Å²) in [6.45, 7) is 0. The van der Waals surface area contributed by atoms with Crippen molar-refractivity contribution < 1.29 is 17.6 Å². The fourth-order valence-corrected chi connectivity index (χ4v) is 1.61. The van der Waals surface area contributed by atoms with Crippen LogP contribution < -0.4 is 0 Å². The van der Waals surface area contributed by atoms with E-state index in [0.29, 0.717) is 9.87 Å². The van der Waals surface area contributed by atoms with Gasteiger partial charge in [-0.1, -0.05) is 12.1 Å². The van der Waals surface area contributed by atoms with E-state index in [0.717, 1.165) is 13.3 Å². The molecule has 0 aliphatic carbocycles. The molecule has 7 heteroatoms. The predicted molar refractivity (Wildman–Crippen MR) is 62.6 cm³/mol. The minimum Gasteiger partial charge on any atom is -0.270 e. The molecule has 1 rings (SSSR count). The van der Waals surface area contributed by atoms with Crippen LogP contribution in [-0.4, -0.2) is 31.9 Å². The summed E-state index contributed by atoms with van der Waals surface area (Å²) in [6, 6.07) is 7.12. The van der Waals surface area contributed by atoms with E-state index >= 15 is 0 Å². The van der Waals surface area contributed by atoms with Crippen LogP contribution in [0.4, 0.5) is 4.39 Å². The van der Waals surface area contributed by atoms with Crippen LogP contribution in [0.5, 0.6) is 0 Å². The van der Waals surface area contributed by atoms with Crippen molar-refractivity contribution in [1.82, 2.24) is 4.31 Å². The number of amides is 1. The number of sulfonamides is 1. The van der Waals surface area contributed by atoms with Crippen molar-refractivity contribution in [2.24, 2.45) is 0 Å². The maximum atomic E-state index is 13.8. The van der Waals surface area contributed by atoms with Crippen LogP contribution in [-0.2, 0) is 14.8 Å². The smallest absolute Gasteiger partial charge is 0.270 e. The van der Waals surface area contributed by atoms with E-state index in [9.17, 15) is 17.6 Å². The lowest BCUT2D eigenvalue weighted by molar-refractivity contribution is -0.130. The Morgan fingerprint density at radius 1 is 1.39 bits per heavy atom. The molecular formula is C11H11FN2O3S. The second kappa shape index (κ2) is 5.14. The summed E-state index contributed by atoms with van der Waals surface area (Å²) in [5.74, 6) is -1.16. The quantitative estimate of drug-likeness (QED) is 0.820. The standard InChI is InChI=1S/C11H11FN2O3S/c1-14(18(2,16)17)11(15)10(12)9-5-3-8(7-13)4-6-9/h3-6,10H,1-2H3. The second-order valence-electron chi connectivity index (χ2n) is 3.67. The van der Waals surface area contributed by atoms with E-state index < -0.39 is 22.1 Å². The van der Waals surface area contributed by atoms with Crippen molar-refractivity contribution in [3.63, 3.8) is 0 Å². The molecule has 1 unspecified atom stereocenters. The number of rotatable bonds is 3. The Kier molecular flexibility index (Phi) is 4.03. The lowest BCUT2D eigenvalue weighted by atomic mass is 10.1. The van der Waals surface area contributed by atoms with Crippen LogP contribution in [0, 0.1) is 11.3 Å². The van der Waals surface area contributed by atoms with E-state index in [1.165, 1.54) is 24.3 Å². The minimum absolute atomic E-state index is 0.00880. The normalized spacial score (nSPS) is 12.6. The van der Waals surface area contributed by atoms with Gasteiger partial charge in [0.2, 0.25) is 16.2 Å². The first-order chi connectivity index (χ1) is 8.27. The van der Waals surface area contributed by atoms with Crippen LogP contribution in [0.2, 0.25) is 0 Å². The van der Waals surface area contributed by atoms with Crippen molar-refractivity contribution in [1.29, 1.82) is 5.26 Å². The van der Waals surface area contributed by atoms with Crippen molar-refractivity contribution >= 4 is 15.9 Å². The predicted octanol–water partition coefficient (Wildman–Crippen LogP) is 0.987. The third-order valence-electron chi connectivity index (χ3n) is 2.36. The first-order valence-electron chi connectivity index (χ1n) is 4.89. The first-order valence-corrected chi connectivity index (χ1v) is 6.74. The molecule has 0 N–H and O–H groups in total. The van der Waals surface area contributed by atoms with Gasteiger partial charge in [-0.3, -0.25) is 4.79 Å². The summed E-state index contributed by atoms with van der Waals surface area (Å²) in [6.07, 6.45) is -1.26. The molecule has 0 radical (unpaired) electrons. The number of nitriles is 1. The van der Waals surface area contributed by atoms with Gasteiger partial charge >= 0.3 is 0 Å². The Morgan fingerprint density at radius 3 is 2.28 bits per heavy atom. The highest BCUT2D eigenvalue weighted by Crippen LogP contribution is 2.21. The summed E-state index contributed by atoms with van der Waals surface area (Å²) in [5, 5.41) is 8.57. The van der Waals surface area contributed by atoms with Gasteiger partial charge in [0.1, 0.15) is 0 Å². The molecule has 0 aliphatic heterocycles. The Bertz CT molecular complexity index is 590. The zero-order chi connectivity index (χ0) is 13.9. The van der Waals surface area contributed by atoms with Crippen LogP contribution in [0.3, 0.4) is 0 Å². The number of carbonyl (C=O) groups excluding carboxylic acids is 1. The zero-order valence-electron chi connectivity index (χ0n) is 9.79. The maximum Gasteiger partial charge on any atom is 0.274 e. The molecule has 0 aromatic heterocycles. The largest absolute Gasteiger partial charge is 0.274 e. The zero-order valence-corrected chi connectivity index (χ0v) is 10.6. The molecular weight excluding hydrogens is 259 g/mol. The highest BCUT2D eigenvalue weighted by molar-refractivity contribution is 7.88. The number of benzene rings is 1. The first kappa shape index (κ1) is 14.1. The summed E-state index contributed by atoms with van der Waals surface area (Å²) >= 11 is 0. The number of hydrogen-bond donors (Lipinski definition) is 0. The fourth-order valence-electron chi connectivity index (χ4n) is 1.19. The van der Waals surface area contributed by atoms with Gasteiger partial charge in [-0.2, -0.15) is 5.26 Å². The third kappa shape index (κ3) is 3.05. The van der Waals surface area contributed by atoms with Gasteiger partial charge in [0, 0.05) is 7.05 Å². The van der Waals surface area contributed by atoms with Crippen molar-refractivity contribution in [3.05, 3.63) is 35.4 Å². The highest BCUT2D eigenvalue weighted by Gasteiger charge is 2.28. The lowest BCUT2D eigenvalue weighted by Gasteiger charge is -2.17. The number of halogens is 1. The Balaban J connectivity index is 2.97. The average molecular weight is 270 g/mol. The van der Waals surface area contributed by atoms with Crippen LogP contribution in [0.25, 0.3) is 0 Å². The third-order valence-corrected chi connectivity index (χ3v) is 3.53. The monoisotopic (exact) mass is 270 g/mol. The molecule has 0 heterocycles. The van der Waals surface area contributed by atoms with E-state index in [-0.39, 0.29) is 5.56 Å². The minimum atomic E-state index is -3.78. The molecule has 1 aromatic rings. The molecule has 0 aliphatic rings. The van der Waals surface area contributed by atoms with Gasteiger partial charge in [-0.05, 0) is 17.7 Å². The van der Waals surface area contributed by atoms with Crippen LogP contribution in [0.15, 0.2) is 24.3 Å². The van der Waals surface area contributed by atoms with E-state index in [1.54, 1.807) is 0 Å². The molecule has 0 spiro atoms. The summed E-state index contributed by atoms with van der Waals surface area (Å²) in [7, 11) is -2.78. The topological polar surface area (TPSA) is 78.2 Å². The Labute approximate surface area is 104 Å². The molecule has 1 amide bonds. The molecule has 0 saturated carbocycles. The van der Waals surface area contributed by atoms with Gasteiger partial charge in [-0.25, -0.2) is 17.1 Å². The Morgan fingerprint density at radius 2 is 1.89 bits per heavy atom. The number of likely N-dealkylation sites (N-methyl/N-ethyl adjacent to an activating group) is 1. The van der Waals surface area contributed by atoms with Crippen molar-refractivity contribution in [3.8, 4) is 6.07 Å². The van der Waals surface area contributed by atoms with E-state index in [4.69, 9.17) is 5.26 Å². The number of alkyl halides is 1. The maximum absolute atomic E-state index is 13.8. The van der Waals surface area contributed by atoms with Gasteiger partial charge in [0.05, 0.1) is 17.9 Å². The van der Waals surface area contributed by atoms with Crippen LogP contribution in [0.1, 0.15) is 17.3 Å². The average Bonchev–Trinajstić information content (AvgIpc) is 2.35.